The monoisotopic (exact) mass is 598 g/mol. The molecule has 40 heavy (non-hydrogen) atoms. The third kappa shape index (κ3) is 4.15. The predicted octanol–water partition coefficient (Wildman–Crippen LogP) is 7.77. The maximum absolute atomic E-state index is 15.5. The third-order valence-corrected chi connectivity index (χ3v) is 8.22. The van der Waals surface area contributed by atoms with Gasteiger partial charge >= 0.3 is 17.8 Å². The van der Waals surface area contributed by atoms with Crippen LogP contribution in [0.1, 0.15) is 23.2 Å². The summed E-state index contributed by atoms with van der Waals surface area (Å²) in [6.07, 6.45) is 1.41. The molecular weight excluding hydrogens is 582 g/mol. The lowest BCUT2D eigenvalue weighted by atomic mass is 10.0. The summed E-state index contributed by atoms with van der Waals surface area (Å²) in [6.45, 7) is 2.63. The van der Waals surface area contributed by atoms with Crippen LogP contribution in [0.25, 0.3) is 32.4 Å². The van der Waals surface area contributed by atoms with Gasteiger partial charge in [-0.3, -0.25) is 15.1 Å². The molecule has 0 saturated carbocycles. The van der Waals surface area contributed by atoms with Crippen molar-refractivity contribution in [2.24, 2.45) is 0 Å². The molecule has 15 heteroatoms. The number of allylic oxidation sites excluding steroid dienone is 2. The molecule has 1 aliphatic rings. The van der Waals surface area contributed by atoms with Gasteiger partial charge in [-0.2, -0.15) is 26.3 Å². The lowest BCUT2D eigenvalue weighted by molar-refractivity contribution is -0.384. The van der Waals surface area contributed by atoms with Crippen LogP contribution >= 0.6 is 22.7 Å². The molecule has 0 N–H and O–H groups in total. The SMILES string of the molecule is CCOc1sc(-c2ccc([N+](=O)[O-])cc2)nc1C1=C(c2sc(-c3ccccn3)nc2C)C(F)(F)C(F)(F)C1(F)F. The van der Waals surface area contributed by atoms with E-state index in [4.69, 9.17) is 4.74 Å². The van der Waals surface area contributed by atoms with E-state index in [9.17, 15) is 18.9 Å². The Balaban J connectivity index is 1.77. The van der Waals surface area contributed by atoms with Gasteiger partial charge in [-0.15, -0.1) is 11.3 Å². The highest BCUT2D eigenvalue weighted by molar-refractivity contribution is 7.17. The highest BCUT2D eigenvalue weighted by atomic mass is 32.1. The molecule has 0 aliphatic heterocycles. The summed E-state index contributed by atoms with van der Waals surface area (Å²) in [4.78, 5) is 22.0. The maximum atomic E-state index is 15.5. The Hall–Kier alpha value is -3.85. The second-order valence-corrected chi connectivity index (χ2v) is 10.5. The van der Waals surface area contributed by atoms with Gasteiger partial charge in [0.1, 0.15) is 15.7 Å². The summed E-state index contributed by atoms with van der Waals surface area (Å²) < 4.78 is 96.9. The first-order valence-corrected chi connectivity index (χ1v) is 13.1. The fourth-order valence-corrected chi connectivity index (χ4v) is 6.23. The van der Waals surface area contributed by atoms with Crippen molar-refractivity contribution in [1.82, 2.24) is 15.0 Å². The van der Waals surface area contributed by atoms with E-state index in [1.54, 1.807) is 12.1 Å². The number of ether oxygens (including phenoxy) is 1. The molecule has 0 saturated heterocycles. The number of benzene rings is 1. The summed E-state index contributed by atoms with van der Waals surface area (Å²) in [5, 5.41) is 10.6. The topological polar surface area (TPSA) is 91.0 Å². The van der Waals surface area contributed by atoms with Crippen molar-refractivity contribution in [3.63, 3.8) is 0 Å². The number of rotatable bonds is 7. The number of halogens is 6. The van der Waals surface area contributed by atoms with Gasteiger partial charge in [0, 0.05) is 23.9 Å². The number of nitro groups is 1. The standard InChI is InChI=1S/C25H16F6N4O3S2/c1-3-38-22-18(34-20(40-22)13-7-9-14(10-8-13)35(36)37)16-17(24(28,29)25(30,31)23(16,26)27)19-12(2)33-21(39-19)15-6-4-5-11-32-15/h4-11H,3H2,1-2H3. The van der Waals surface area contributed by atoms with Crippen molar-refractivity contribution in [3.05, 3.63) is 75.0 Å². The van der Waals surface area contributed by atoms with Gasteiger partial charge in [0.05, 0.1) is 38.9 Å². The molecule has 4 aromatic rings. The highest BCUT2D eigenvalue weighted by Gasteiger charge is 2.81. The predicted molar refractivity (Wildman–Crippen MR) is 137 cm³/mol. The number of alkyl halides is 6. The summed E-state index contributed by atoms with van der Waals surface area (Å²) in [5.41, 5.74) is -4.12. The molecule has 7 nitrogen and oxygen atoms in total. The molecule has 5 rings (SSSR count). The first kappa shape index (κ1) is 27.7. The summed E-state index contributed by atoms with van der Waals surface area (Å²) in [5.74, 6) is -16.4. The average molecular weight is 599 g/mol. The Labute approximate surface area is 230 Å². The van der Waals surface area contributed by atoms with Crippen LogP contribution in [0, 0.1) is 17.0 Å². The van der Waals surface area contributed by atoms with Crippen LogP contribution < -0.4 is 4.74 Å². The minimum Gasteiger partial charge on any atom is -0.483 e. The van der Waals surface area contributed by atoms with Gasteiger partial charge in [0.25, 0.3) is 5.69 Å². The van der Waals surface area contributed by atoms with Crippen LogP contribution in [0.4, 0.5) is 32.0 Å². The minimum atomic E-state index is -5.80. The normalized spacial score (nSPS) is 17.3. The Kier molecular flexibility index (Phi) is 6.69. The third-order valence-electron chi connectivity index (χ3n) is 6.01. The van der Waals surface area contributed by atoms with Crippen molar-refractivity contribution >= 4 is 39.5 Å². The summed E-state index contributed by atoms with van der Waals surface area (Å²) in [7, 11) is 0. The largest absolute Gasteiger partial charge is 0.483 e. The quantitative estimate of drug-likeness (QED) is 0.123. The van der Waals surface area contributed by atoms with E-state index >= 15 is 17.6 Å². The molecule has 1 aliphatic carbocycles. The number of nitrogens with zero attached hydrogens (tertiary/aromatic N) is 4. The zero-order valence-electron chi connectivity index (χ0n) is 20.4. The van der Waals surface area contributed by atoms with Gasteiger partial charge < -0.3 is 4.74 Å². The molecule has 3 aromatic heterocycles. The fraction of sp³-hybridized carbons (Fsp3) is 0.240. The smallest absolute Gasteiger partial charge is 0.380 e. The Morgan fingerprint density at radius 3 is 2.20 bits per heavy atom. The van der Waals surface area contributed by atoms with Crippen LogP contribution in [-0.4, -0.2) is 44.2 Å². The van der Waals surface area contributed by atoms with Gasteiger partial charge in [0.15, 0.2) is 0 Å². The van der Waals surface area contributed by atoms with Crippen LogP contribution in [0.15, 0.2) is 48.7 Å². The first-order valence-electron chi connectivity index (χ1n) is 11.5. The van der Waals surface area contributed by atoms with Crippen molar-refractivity contribution in [2.45, 2.75) is 31.6 Å². The minimum absolute atomic E-state index is 0.0512. The van der Waals surface area contributed by atoms with Gasteiger partial charge in [-0.05, 0) is 38.1 Å². The van der Waals surface area contributed by atoms with E-state index in [0.29, 0.717) is 22.7 Å². The number of aromatic nitrogens is 3. The molecular formula is C25H16F6N4O3S2. The number of non-ortho nitro benzene ring substituents is 1. The molecule has 208 valence electrons. The van der Waals surface area contributed by atoms with E-state index in [2.05, 4.69) is 15.0 Å². The molecule has 1 aromatic carbocycles. The molecule has 0 spiro atoms. The second kappa shape index (κ2) is 9.66. The van der Waals surface area contributed by atoms with Crippen molar-refractivity contribution in [1.29, 1.82) is 0 Å². The fourth-order valence-electron chi connectivity index (χ4n) is 4.12. The molecule has 0 bridgehead atoms. The Bertz CT molecular complexity index is 1640. The zero-order chi connectivity index (χ0) is 29.0. The Morgan fingerprint density at radius 2 is 1.60 bits per heavy atom. The van der Waals surface area contributed by atoms with Gasteiger partial charge in [-0.1, -0.05) is 17.4 Å². The number of aryl methyl sites for hydroxylation is 1. The molecule has 0 fully saturated rings. The van der Waals surface area contributed by atoms with E-state index in [1.807, 2.05) is 0 Å². The number of pyridine rings is 1. The van der Waals surface area contributed by atoms with E-state index < -0.39 is 44.4 Å². The van der Waals surface area contributed by atoms with Crippen LogP contribution in [0.3, 0.4) is 0 Å². The average Bonchev–Trinajstić information content (AvgIpc) is 3.53. The summed E-state index contributed by atoms with van der Waals surface area (Å²) >= 11 is 1.19. The summed E-state index contributed by atoms with van der Waals surface area (Å²) in [6, 6.07) is 9.51. The van der Waals surface area contributed by atoms with Gasteiger partial charge in [-0.25, -0.2) is 9.97 Å². The molecule has 0 atom stereocenters. The number of hydrogen-bond donors (Lipinski definition) is 0. The van der Waals surface area contributed by atoms with E-state index in [-0.39, 0.29) is 44.3 Å². The van der Waals surface area contributed by atoms with Crippen LogP contribution in [0.2, 0.25) is 0 Å². The zero-order valence-corrected chi connectivity index (χ0v) is 22.1. The second-order valence-electron chi connectivity index (χ2n) is 8.51. The van der Waals surface area contributed by atoms with Crippen molar-refractivity contribution < 1.29 is 36.0 Å². The van der Waals surface area contributed by atoms with E-state index in [0.717, 1.165) is 12.1 Å². The lowest BCUT2D eigenvalue weighted by Crippen LogP contribution is -2.48. The van der Waals surface area contributed by atoms with Crippen LogP contribution in [-0.2, 0) is 0 Å². The lowest BCUT2D eigenvalue weighted by Gasteiger charge is -2.25. The number of hydrogen-bond acceptors (Lipinski definition) is 8. The van der Waals surface area contributed by atoms with Gasteiger partial charge in [0.2, 0.25) is 5.06 Å². The van der Waals surface area contributed by atoms with E-state index in [1.165, 1.54) is 38.2 Å². The molecule has 0 unspecified atom stereocenters. The first-order chi connectivity index (χ1) is 18.8. The Morgan fingerprint density at radius 1 is 0.925 bits per heavy atom. The number of nitro benzene ring substituents is 1. The highest BCUT2D eigenvalue weighted by Crippen LogP contribution is 2.66. The maximum Gasteiger partial charge on any atom is 0.380 e. The van der Waals surface area contributed by atoms with Crippen LogP contribution in [0.5, 0.6) is 5.06 Å². The number of thiazole rings is 2. The molecule has 0 radical (unpaired) electrons. The molecule has 3 heterocycles. The molecule has 0 amide bonds. The van der Waals surface area contributed by atoms with Crippen molar-refractivity contribution in [3.8, 4) is 26.3 Å². The van der Waals surface area contributed by atoms with Crippen molar-refractivity contribution in [2.75, 3.05) is 6.61 Å².